The van der Waals surface area contributed by atoms with E-state index in [2.05, 4.69) is 5.32 Å². The number of methoxy groups -OCH3 is 1. The van der Waals surface area contributed by atoms with Crippen molar-refractivity contribution >= 4 is 35.0 Å². The van der Waals surface area contributed by atoms with Crippen molar-refractivity contribution in [3.05, 3.63) is 95.2 Å². The number of benzene rings is 3. The summed E-state index contributed by atoms with van der Waals surface area (Å²) in [5, 5.41) is 3.11. The highest BCUT2D eigenvalue weighted by Gasteiger charge is 2.32. The highest BCUT2D eigenvalue weighted by atomic mass is 32.1. The molecule has 1 saturated heterocycles. The third kappa shape index (κ3) is 4.60. The van der Waals surface area contributed by atoms with Gasteiger partial charge in [0.1, 0.15) is 35.4 Å². The molecule has 1 amide bonds. The number of nitrogens with zero attached hydrogens (tertiary/aromatic N) is 1. The van der Waals surface area contributed by atoms with Gasteiger partial charge in [0.25, 0.3) is 5.91 Å². The second-order valence-corrected chi connectivity index (χ2v) is 7.31. The van der Waals surface area contributed by atoms with Gasteiger partial charge in [0.15, 0.2) is 5.11 Å². The Kier molecular flexibility index (Phi) is 6.13. The first-order valence-corrected chi connectivity index (χ1v) is 10.0. The molecule has 0 aromatic heterocycles. The number of carbonyl (C=O) groups is 1. The number of carbonyl (C=O) groups excluding carboxylic acids is 1. The third-order valence-corrected chi connectivity index (χ3v) is 5.07. The summed E-state index contributed by atoms with van der Waals surface area (Å²) in [7, 11) is 1.55. The van der Waals surface area contributed by atoms with Gasteiger partial charge in [-0.3, -0.25) is 9.69 Å². The molecule has 0 aliphatic carbocycles. The maximum absolute atomic E-state index is 13.2. The van der Waals surface area contributed by atoms with Crippen molar-refractivity contribution < 1.29 is 23.0 Å². The van der Waals surface area contributed by atoms with Crippen LogP contribution < -0.4 is 19.7 Å². The molecule has 0 unspecified atom stereocenters. The summed E-state index contributed by atoms with van der Waals surface area (Å²) in [6.07, 6.45) is 1.67. The number of thiocarbonyl (C=S) groups is 1. The van der Waals surface area contributed by atoms with Crippen molar-refractivity contribution in [3.8, 4) is 11.5 Å². The van der Waals surface area contributed by atoms with E-state index < -0.39 is 5.82 Å². The minimum Gasteiger partial charge on any atom is -0.496 e. The van der Waals surface area contributed by atoms with Crippen LogP contribution in [0.4, 0.5) is 14.5 Å². The number of anilines is 1. The minimum absolute atomic E-state index is 0.188. The Hall–Kier alpha value is -3.78. The van der Waals surface area contributed by atoms with Gasteiger partial charge >= 0.3 is 0 Å². The number of rotatable bonds is 6. The topological polar surface area (TPSA) is 50.8 Å². The number of hydrogen-bond acceptors (Lipinski definition) is 4. The van der Waals surface area contributed by atoms with E-state index in [1.165, 1.54) is 41.3 Å². The second kappa shape index (κ2) is 9.15. The summed E-state index contributed by atoms with van der Waals surface area (Å²) in [6.45, 7) is 0.188. The van der Waals surface area contributed by atoms with Gasteiger partial charge in [0.05, 0.1) is 12.8 Å². The van der Waals surface area contributed by atoms with Gasteiger partial charge < -0.3 is 14.8 Å². The zero-order valence-corrected chi connectivity index (χ0v) is 17.8. The summed E-state index contributed by atoms with van der Waals surface area (Å²) in [6, 6.07) is 16.6. The highest BCUT2D eigenvalue weighted by molar-refractivity contribution is 7.80. The van der Waals surface area contributed by atoms with Crippen molar-refractivity contribution in [2.75, 3.05) is 12.0 Å². The maximum atomic E-state index is 13.2. The number of halogens is 2. The van der Waals surface area contributed by atoms with Gasteiger partial charge in [-0.1, -0.05) is 6.07 Å². The number of ether oxygens (including phenoxy) is 2. The molecule has 1 N–H and O–H groups in total. The summed E-state index contributed by atoms with van der Waals surface area (Å²) in [5.41, 5.74) is 2.23. The zero-order chi connectivity index (χ0) is 22.7. The fourth-order valence-corrected chi connectivity index (χ4v) is 3.52. The third-order valence-electron chi connectivity index (χ3n) is 4.79. The van der Waals surface area contributed by atoms with Crippen molar-refractivity contribution in [1.29, 1.82) is 0 Å². The molecule has 0 saturated carbocycles. The predicted octanol–water partition coefficient (Wildman–Crippen LogP) is 4.81. The van der Waals surface area contributed by atoms with E-state index >= 15 is 0 Å². The van der Waals surface area contributed by atoms with E-state index in [1.807, 2.05) is 6.07 Å². The summed E-state index contributed by atoms with van der Waals surface area (Å²) in [4.78, 5) is 14.2. The van der Waals surface area contributed by atoms with Crippen LogP contribution in [0.1, 0.15) is 11.1 Å². The fraction of sp³-hybridized carbons (Fsp3) is 0.0833. The van der Waals surface area contributed by atoms with Crippen molar-refractivity contribution in [2.45, 2.75) is 6.61 Å². The first-order valence-electron chi connectivity index (χ1n) is 9.62. The average molecular weight is 452 g/mol. The number of nitrogens with one attached hydrogen (secondary N) is 1. The fourth-order valence-electron chi connectivity index (χ4n) is 3.22. The lowest BCUT2D eigenvalue weighted by Gasteiger charge is -2.13. The van der Waals surface area contributed by atoms with Crippen molar-refractivity contribution in [3.63, 3.8) is 0 Å². The molecule has 4 rings (SSSR count). The molecule has 1 fully saturated rings. The van der Waals surface area contributed by atoms with E-state index in [0.717, 1.165) is 11.1 Å². The number of hydrogen-bond donors (Lipinski definition) is 1. The smallest absolute Gasteiger partial charge is 0.281 e. The van der Waals surface area contributed by atoms with Gasteiger partial charge in [-0.2, -0.15) is 0 Å². The summed E-state index contributed by atoms with van der Waals surface area (Å²) < 4.78 is 37.4. The molecular formula is C24H18F2N2O3S. The van der Waals surface area contributed by atoms with Crippen LogP contribution in [-0.2, 0) is 11.4 Å². The van der Waals surface area contributed by atoms with Gasteiger partial charge in [-0.15, -0.1) is 0 Å². The molecule has 8 heteroatoms. The lowest BCUT2D eigenvalue weighted by atomic mass is 10.1. The van der Waals surface area contributed by atoms with E-state index in [4.69, 9.17) is 21.7 Å². The molecule has 1 aliphatic heterocycles. The molecule has 1 aliphatic rings. The predicted molar refractivity (Wildman–Crippen MR) is 121 cm³/mol. The molecule has 0 bridgehead atoms. The highest BCUT2D eigenvalue weighted by Crippen LogP contribution is 2.26. The Morgan fingerprint density at radius 1 is 1.00 bits per heavy atom. The molecular weight excluding hydrogens is 434 g/mol. The van der Waals surface area contributed by atoms with Crippen molar-refractivity contribution in [1.82, 2.24) is 5.32 Å². The first kappa shape index (κ1) is 21.5. The minimum atomic E-state index is -0.399. The van der Waals surface area contributed by atoms with Gasteiger partial charge in [0, 0.05) is 5.56 Å². The van der Waals surface area contributed by atoms with Crippen molar-refractivity contribution in [2.24, 2.45) is 0 Å². The monoisotopic (exact) mass is 452 g/mol. The maximum Gasteiger partial charge on any atom is 0.281 e. The Labute approximate surface area is 188 Å². The van der Waals surface area contributed by atoms with E-state index in [1.54, 1.807) is 37.5 Å². The molecule has 3 aromatic carbocycles. The first-order chi connectivity index (χ1) is 15.4. The van der Waals surface area contributed by atoms with Gasteiger partial charge in [0.2, 0.25) is 0 Å². The summed E-state index contributed by atoms with van der Waals surface area (Å²) >= 11 is 5.29. The van der Waals surface area contributed by atoms with Crippen LogP contribution in [0.3, 0.4) is 0 Å². The van der Waals surface area contributed by atoms with Crippen LogP contribution in [0.25, 0.3) is 6.08 Å². The van der Waals surface area contributed by atoms with Crippen LogP contribution in [0, 0.1) is 11.6 Å². The van der Waals surface area contributed by atoms with Crippen LogP contribution in [-0.4, -0.2) is 18.1 Å². The van der Waals surface area contributed by atoms with Crippen LogP contribution in [0.5, 0.6) is 11.5 Å². The van der Waals surface area contributed by atoms with Crippen LogP contribution in [0.2, 0.25) is 0 Å². The number of amides is 1. The van der Waals surface area contributed by atoms with Crippen LogP contribution >= 0.6 is 12.2 Å². The molecule has 162 valence electrons. The SMILES string of the molecule is COc1ccc(C=C2NC(=S)N(c3ccc(F)cc3)C2=O)cc1COc1ccc(F)cc1. The molecule has 32 heavy (non-hydrogen) atoms. The Morgan fingerprint density at radius 3 is 2.31 bits per heavy atom. The molecule has 5 nitrogen and oxygen atoms in total. The molecule has 0 spiro atoms. The lowest BCUT2D eigenvalue weighted by molar-refractivity contribution is -0.113. The van der Waals surface area contributed by atoms with E-state index in [9.17, 15) is 13.6 Å². The Morgan fingerprint density at radius 2 is 1.66 bits per heavy atom. The normalized spacial score (nSPS) is 14.6. The zero-order valence-electron chi connectivity index (χ0n) is 17.0. The average Bonchev–Trinajstić information content (AvgIpc) is 3.07. The van der Waals surface area contributed by atoms with Gasteiger partial charge in [-0.05, 0) is 84.5 Å². The molecule has 0 radical (unpaired) electrons. The van der Waals surface area contributed by atoms with Crippen LogP contribution in [0.15, 0.2) is 72.4 Å². The Bertz CT molecular complexity index is 1190. The second-order valence-electron chi connectivity index (χ2n) is 6.92. The standard InChI is InChI=1S/C24H18F2N2O3S/c1-30-22-11-2-15(12-16(22)14-31-20-9-5-18(26)6-10-20)13-21-23(29)28(24(32)27-21)19-7-3-17(25)4-8-19/h2-13H,14H2,1H3,(H,27,32). The quantitative estimate of drug-likeness (QED) is 0.430. The summed E-state index contributed by atoms with van der Waals surface area (Å²) in [5.74, 6) is 0.0450. The van der Waals surface area contributed by atoms with Gasteiger partial charge in [-0.25, -0.2) is 8.78 Å². The van der Waals surface area contributed by atoms with E-state index in [0.29, 0.717) is 17.2 Å². The Balaban J connectivity index is 1.56. The lowest BCUT2D eigenvalue weighted by Crippen LogP contribution is -2.30. The molecule has 1 heterocycles. The molecule has 3 aromatic rings. The largest absolute Gasteiger partial charge is 0.496 e. The van der Waals surface area contributed by atoms with E-state index in [-0.39, 0.29) is 29.1 Å². The molecule has 0 atom stereocenters.